The van der Waals surface area contributed by atoms with Crippen LogP contribution < -0.4 is 16.7 Å². The summed E-state index contributed by atoms with van der Waals surface area (Å²) in [7, 11) is 0. The van der Waals surface area contributed by atoms with E-state index < -0.39 is 0 Å². The van der Waals surface area contributed by atoms with E-state index in [1.165, 1.54) is 5.56 Å². The van der Waals surface area contributed by atoms with Crippen LogP contribution in [0.2, 0.25) is 0 Å². The first-order valence-electron chi connectivity index (χ1n) is 13.7. The number of pyridine rings is 3. The molecule has 6 rings (SSSR count). The van der Waals surface area contributed by atoms with Gasteiger partial charge in [-0.3, -0.25) is 28.1 Å². The van der Waals surface area contributed by atoms with E-state index in [1.54, 1.807) is 44.3 Å². The Bertz CT molecular complexity index is 1870. The summed E-state index contributed by atoms with van der Waals surface area (Å²) in [6, 6.07) is 41.2. The first-order valence-corrected chi connectivity index (χ1v) is 13.7. The molecule has 0 amide bonds. The average molecular weight is 556 g/mol. The third-order valence-electron chi connectivity index (χ3n) is 6.44. The van der Waals surface area contributed by atoms with Crippen molar-refractivity contribution in [2.45, 2.75) is 20.3 Å². The number of aryl methyl sites for hydroxylation is 2. The molecule has 6 aromatic rings. The summed E-state index contributed by atoms with van der Waals surface area (Å²) >= 11 is 0. The van der Waals surface area contributed by atoms with Crippen molar-refractivity contribution in [3.05, 3.63) is 194 Å². The lowest BCUT2D eigenvalue weighted by Crippen LogP contribution is -2.19. The molecule has 0 aliphatic heterocycles. The Kier molecular flexibility index (Phi) is 10.4. The molecule has 0 saturated carbocycles. The SMILES string of the molecule is CCc1ccc(=O)n(-c2ccccc2)c1.Cc1cccn(-c2ccccc2)c1=O.O=c1ccccn1-c1ccccc1. The number of hydrogen-bond donors (Lipinski definition) is 0. The van der Waals surface area contributed by atoms with Gasteiger partial charge in [0.05, 0.1) is 0 Å². The molecule has 0 aliphatic carbocycles. The fourth-order valence-electron chi connectivity index (χ4n) is 4.15. The molecule has 6 nitrogen and oxygen atoms in total. The fourth-order valence-corrected chi connectivity index (χ4v) is 4.15. The van der Waals surface area contributed by atoms with E-state index in [2.05, 4.69) is 6.92 Å². The van der Waals surface area contributed by atoms with Crippen molar-refractivity contribution in [1.29, 1.82) is 0 Å². The summed E-state index contributed by atoms with van der Waals surface area (Å²) in [5.41, 5.74) is 4.69. The molecule has 210 valence electrons. The first-order chi connectivity index (χ1) is 20.5. The maximum Gasteiger partial charge on any atom is 0.257 e. The highest BCUT2D eigenvalue weighted by molar-refractivity contribution is 5.34. The van der Waals surface area contributed by atoms with Crippen molar-refractivity contribution in [1.82, 2.24) is 13.7 Å². The van der Waals surface area contributed by atoms with Gasteiger partial charge in [0.25, 0.3) is 16.7 Å². The minimum atomic E-state index is -0.00583. The van der Waals surface area contributed by atoms with Gasteiger partial charge in [-0.25, -0.2) is 0 Å². The Hall–Kier alpha value is -5.49. The average Bonchev–Trinajstić information content (AvgIpc) is 3.05. The van der Waals surface area contributed by atoms with Crippen LogP contribution in [0, 0.1) is 6.92 Å². The molecule has 0 spiro atoms. The van der Waals surface area contributed by atoms with Gasteiger partial charge in [0.2, 0.25) is 0 Å². The molecule has 3 heterocycles. The van der Waals surface area contributed by atoms with Crippen LogP contribution in [0.3, 0.4) is 0 Å². The van der Waals surface area contributed by atoms with Crippen LogP contribution >= 0.6 is 0 Å². The van der Waals surface area contributed by atoms with Crippen LogP contribution in [0.4, 0.5) is 0 Å². The van der Waals surface area contributed by atoms with Gasteiger partial charge in [0.15, 0.2) is 0 Å². The molecular weight excluding hydrogens is 522 g/mol. The van der Waals surface area contributed by atoms with Crippen molar-refractivity contribution < 1.29 is 0 Å². The van der Waals surface area contributed by atoms with Crippen molar-refractivity contribution in [3.63, 3.8) is 0 Å². The van der Waals surface area contributed by atoms with Gasteiger partial charge in [-0.2, -0.15) is 0 Å². The number of para-hydroxylation sites is 3. The minimum Gasteiger partial charge on any atom is -0.284 e. The third kappa shape index (κ3) is 7.79. The molecule has 3 aromatic heterocycles. The number of aromatic nitrogens is 3. The van der Waals surface area contributed by atoms with Gasteiger partial charge in [-0.05, 0) is 67.4 Å². The number of hydrogen-bond acceptors (Lipinski definition) is 3. The highest BCUT2D eigenvalue weighted by Gasteiger charge is 2.00. The third-order valence-corrected chi connectivity index (χ3v) is 6.44. The maximum atomic E-state index is 11.7. The standard InChI is InChI=1S/C13H13NO.C12H11NO.C11H9NO/c1-2-11-8-9-13(15)14(10-11)12-6-4-3-5-7-12;1-10-6-5-9-13(12(10)14)11-7-3-2-4-8-11;13-11-8-4-5-9-12(11)10-6-2-1-3-7-10/h3-10H,2H2,1H3;2-9H,1H3;1-9H. The Morgan fingerprint density at radius 2 is 0.952 bits per heavy atom. The number of rotatable bonds is 4. The summed E-state index contributed by atoms with van der Waals surface area (Å²) in [4.78, 5) is 34.8. The van der Waals surface area contributed by atoms with Gasteiger partial charge < -0.3 is 0 Å². The largest absolute Gasteiger partial charge is 0.284 e. The molecule has 0 saturated heterocycles. The number of nitrogens with zero attached hydrogens (tertiary/aromatic N) is 3. The lowest BCUT2D eigenvalue weighted by molar-refractivity contribution is 0.953. The molecule has 6 heteroatoms. The Labute approximate surface area is 245 Å². The van der Waals surface area contributed by atoms with E-state index in [-0.39, 0.29) is 16.7 Å². The summed E-state index contributed by atoms with van der Waals surface area (Å²) < 4.78 is 4.94. The van der Waals surface area contributed by atoms with Crippen LogP contribution in [-0.4, -0.2) is 13.7 Å². The molecule has 0 unspecified atom stereocenters. The zero-order valence-electron chi connectivity index (χ0n) is 23.7. The van der Waals surface area contributed by atoms with Crippen LogP contribution in [0.1, 0.15) is 18.1 Å². The highest BCUT2D eigenvalue weighted by Crippen LogP contribution is 2.06. The monoisotopic (exact) mass is 555 g/mol. The van der Waals surface area contributed by atoms with E-state index in [9.17, 15) is 14.4 Å². The smallest absolute Gasteiger partial charge is 0.257 e. The first kappa shape index (κ1) is 29.5. The van der Waals surface area contributed by atoms with Crippen LogP contribution in [-0.2, 0) is 6.42 Å². The second-order valence-corrected chi connectivity index (χ2v) is 9.38. The Morgan fingerprint density at radius 3 is 1.50 bits per heavy atom. The maximum absolute atomic E-state index is 11.7. The summed E-state index contributed by atoms with van der Waals surface area (Å²) in [6.45, 7) is 3.90. The van der Waals surface area contributed by atoms with E-state index in [4.69, 9.17) is 0 Å². The zero-order valence-corrected chi connectivity index (χ0v) is 23.7. The molecule has 42 heavy (non-hydrogen) atoms. The molecule has 0 aliphatic rings. The lowest BCUT2D eigenvalue weighted by atomic mass is 10.2. The van der Waals surface area contributed by atoms with E-state index in [1.807, 2.05) is 128 Å². The predicted molar refractivity (Wildman–Crippen MR) is 170 cm³/mol. The molecule has 3 aromatic carbocycles. The second-order valence-electron chi connectivity index (χ2n) is 9.38. The van der Waals surface area contributed by atoms with Gasteiger partial charge in [0, 0.05) is 53.3 Å². The fraction of sp³-hybridized carbons (Fsp3) is 0.0833. The molecule has 0 fully saturated rings. The Balaban J connectivity index is 0.000000145. The lowest BCUT2D eigenvalue weighted by Gasteiger charge is -2.06. The van der Waals surface area contributed by atoms with E-state index in [0.717, 1.165) is 29.0 Å². The quantitative estimate of drug-likeness (QED) is 0.253. The molecular formula is C36H33N3O3. The van der Waals surface area contributed by atoms with Crippen molar-refractivity contribution in [3.8, 4) is 17.1 Å². The summed E-state index contributed by atoms with van der Waals surface area (Å²) in [6.07, 6.45) is 6.38. The highest BCUT2D eigenvalue weighted by atomic mass is 16.1. The molecule has 0 bridgehead atoms. The van der Waals surface area contributed by atoms with E-state index in [0.29, 0.717) is 0 Å². The Morgan fingerprint density at radius 1 is 0.476 bits per heavy atom. The van der Waals surface area contributed by atoms with Crippen LogP contribution in [0.25, 0.3) is 17.1 Å². The van der Waals surface area contributed by atoms with E-state index >= 15 is 0 Å². The predicted octanol–water partition coefficient (Wildman–Crippen LogP) is 6.38. The van der Waals surface area contributed by atoms with Gasteiger partial charge >= 0.3 is 0 Å². The topological polar surface area (TPSA) is 66.0 Å². The van der Waals surface area contributed by atoms with Gasteiger partial charge in [0.1, 0.15) is 0 Å². The number of benzene rings is 3. The van der Waals surface area contributed by atoms with Crippen LogP contribution in [0.15, 0.2) is 166 Å². The van der Waals surface area contributed by atoms with Gasteiger partial charge in [-0.15, -0.1) is 0 Å². The summed E-state index contributed by atoms with van der Waals surface area (Å²) in [5.74, 6) is 0. The normalized spacial score (nSPS) is 10.0. The summed E-state index contributed by atoms with van der Waals surface area (Å²) in [5, 5.41) is 0. The molecule has 0 radical (unpaired) electrons. The van der Waals surface area contributed by atoms with Gasteiger partial charge in [-0.1, -0.05) is 79.7 Å². The molecule has 0 N–H and O–H groups in total. The van der Waals surface area contributed by atoms with Crippen LogP contribution in [0.5, 0.6) is 0 Å². The second kappa shape index (κ2) is 14.8. The van der Waals surface area contributed by atoms with Crippen molar-refractivity contribution >= 4 is 0 Å². The van der Waals surface area contributed by atoms with Crippen molar-refractivity contribution in [2.24, 2.45) is 0 Å². The minimum absolute atomic E-state index is 0.00583. The van der Waals surface area contributed by atoms with Crippen molar-refractivity contribution in [2.75, 3.05) is 0 Å². The molecule has 0 atom stereocenters. The zero-order chi connectivity index (χ0) is 29.7.